The average Bonchev–Trinajstić information content (AvgIpc) is 2.79. The Morgan fingerprint density at radius 2 is 2.21 bits per heavy atom. The van der Waals surface area contributed by atoms with Crippen LogP contribution in [0.25, 0.3) is 11.4 Å². The van der Waals surface area contributed by atoms with Gasteiger partial charge in [0.15, 0.2) is 11.5 Å². The first-order valence-electron chi connectivity index (χ1n) is 5.90. The van der Waals surface area contributed by atoms with Gasteiger partial charge in [-0.05, 0) is 30.2 Å². The molecule has 1 N–H and O–H groups in total. The second-order valence-corrected chi connectivity index (χ2v) is 4.55. The van der Waals surface area contributed by atoms with Crippen molar-refractivity contribution in [3.63, 3.8) is 0 Å². The summed E-state index contributed by atoms with van der Waals surface area (Å²) in [4.78, 5) is 14.7. The van der Waals surface area contributed by atoms with Crippen molar-refractivity contribution in [1.82, 2.24) is 14.8 Å². The molecule has 2 aromatic rings. The molecule has 98 valence electrons. The fourth-order valence-corrected chi connectivity index (χ4v) is 2.14. The quantitative estimate of drug-likeness (QED) is 0.859. The maximum atomic E-state index is 13.7. The monoisotopic (exact) mass is 262 g/mol. The van der Waals surface area contributed by atoms with Crippen LogP contribution in [-0.2, 0) is 0 Å². The van der Waals surface area contributed by atoms with Crippen LogP contribution in [0.15, 0.2) is 29.7 Å². The number of halogens is 1. The van der Waals surface area contributed by atoms with E-state index in [1.807, 2.05) is 0 Å². The van der Waals surface area contributed by atoms with Crippen LogP contribution in [0.5, 0.6) is 0 Å². The highest BCUT2D eigenvalue weighted by Crippen LogP contribution is 2.36. The summed E-state index contributed by atoms with van der Waals surface area (Å²) in [5.41, 5.74) is 0.198. The molecule has 0 bridgehead atoms. The molecule has 1 aliphatic carbocycles. The molecule has 6 nitrogen and oxygen atoms in total. The van der Waals surface area contributed by atoms with E-state index in [9.17, 15) is 14.4 Å². The number of nitrogens with zero attached hydrogens (tertiary/aromatic N) is 4. The van der Waals surface area contributed by atoms with Crippen LogP contribution < -0.4 is 0 Å². The lowest BCUT2D eigenvalue weighted by atomic mass is 9.90. The second kappa shape index (κ2) is 4.51. The Balaban J connectivity index is 2.01. The maximum absolute atomic E-state index is 13.7. The van der Waals surface area contributed by atoms with Gasteiger partial charge in [0, 0.05) is 6.20 Å². The molecule has 1 fully saturated rings. The van der Waals surface area contributed by atoms with Crippen molar-refractivity contribution >= 4 is 5.69 Å². The van der Waals surface area contributed by atoms with Crippen LogP contribution in [0.3, 0.4) is 0 Å². The Morgan fingerprint density at radius 3 is 2.84 bits per heavy atom. The fourth-order valence-electron chi connectivity index (χ4n) is 2.14. The zero-order valence-electron chi connectivity index (χ0n) is 9.90. The minimum Gasteiger partial charge on any atom is -0.393 e. The van der Waals surface area contributed by atoms with E-state index in [0.717, 1.165) is 0 Å². The van der Waals surface area contributed by atoms with Gasteiger partial charge in [-0.2, -0.15) is 5.10 Å². The number of pyridine rings is 1. The van der Waals surface area contributed by atoms with Crippen molar-refractivity contribution in [2.75, 3.05) is 0 Å². The molecule has 0 radical (unpaired) electrons. The number of rotatable bonds is 3. The number of nitroso groups, excluding NO2 is 1. The van der Waals surface area contributed by atoms with Gasteiger partial charge in [0.2, 0.25) is 0 Å². The smallest absolute Gasteiger partial charge is 0.155 e. The first-order valence-corrected chi connectivity index (χ1v) is 5.90. The van der Waals surface area contributed by atoms with E-state index in [1.54, 1.807) is 4.68 Å². The number of hydrogen-bond donors (Lipinski definition) is 1. The molecular formula is C12H11FN4O2. The zero-order valence-corrected chi connectivity index (χ0v) is 9.90. The Kier molecular flexibility index (Phi) is 2.83. The third-order valence-electron chi connectivity index (χ3n) is 3.26. The summed E-state index contributed by atoms with van der Waals surface area (Å²) >= 11 is 0. The van der Waals surface area contributed by atoms with Crippen molar-refractivity contribution in [2.24, 2.45) is 5.18 Å². The number of hydrogen-bond acceptors (Lipinski definition) is 5. The molecule has 0 aromatic carbocycles. The summed E-state index contributed by atoms with van der Waals surface area (Å²) in [6.45, 7) is 0. The molecule has 2 heterocycles. The normalized spacial score (nSPS) is 22.0. The molecule has 3 rings (SSSR count). The molecular weight excluding hydrogens is 251 g/mol. The van der Waals surface area contributed by atoms with Crippen LogP contribution in [0.2, 0.25) is 0 Å². The average molecular weight is 262 g/mol. The van der Waals surface area contributed by atoms with Gasteiger partial charge in [0.25, 0.3) is 0 Å². The largest absolute Gasteiger partial charge is 0.393 e. The molecule has 0 aliphatic heterocycles. The SMILES string of the molecule is O=Nc1cn(C2CC(O)C2)nc1-c1ncccc1F. The topological polar surface area (TPSA) is 80.4 Å². The molecule has 0 spiro atoms. The van der Waals surface area contributed by atoms with Gasteiger partial charge in [0.05, 0.1) is 18.3 Å². The summed E-state index contributed by atoms with van der Waals surface area (Å²) in [5.74, 6) is -0.550. The van der Waals surface area contributed by atoms with Crippen molar-refractivity contribution in [2.45, 2.75) is 25.0 Å². The van der Waals surface area contributed by atoms with Crippen LogP contribution in [0.1, 0.15) is 18.9 Å². The van der Waals surface area contributed by atoms with Gasteiger partial charge in [-0.15, -0.1) is 4.91 Å². The Morgan fingerprint density at radius 1 is 1.42 bits per heavy atom. The Labute approximate surface area is 107 Å². The lowest BCUT2D eigenvalue weighted by Crippen LogP contribution is -2.31. The third-order valence-corrected chi connectivity index (χ3v) is 3.26. The molecule has 1 saturated carbocycles. The molecule has 1 aliphatic rings. The fraction of sp³-hybridized carbons (Fsp3) is 0.333. The van der Waals surface area contributed by atoms with Crippen LogP contribution in [0, 0.1) is 10.7 Å². The van der Waals surface area contributed by atoms with Crippen LogP contribution in [0.4, 0.5) is 10.1 Å². The molecule has 19 heavy (non-hydrogen) atoms. The highest BCUT2D eigenvalue weighted by atomic mass is 19.1. The Bertz CT molecular complexity index is 622. The molecule has 0 unspecified atom stereocenters. The standard InChI is InChI=1S/C12H11FN4O2/c13-9-2-1-3-14-11(9)12-10(16-19)6-17(15-12)7-4-8(18)5-7/h1-3,6-8,18H,4-5H2. The van der Waals surface area contributed by atoms with Gasteiger partial charge < -0.3 is 5.11 Å². The van der Waals surface area contributed by atoms with Gasteiger partial charge in [-0.3, -0.25) is 9.67 Å². The van der Waals surface area contributed by atoms with E-state index in [0.29, 0.717) is 12.8 Å². The minimum atomic E-state index is -0.550. The maximum Gasteiger partial charge on any atom is 0.155 e. The van der Waals surface area contributed by atoms with E-state index in [-0.39, 0.29) is 29.2 Å². The number of aromatic nitrogens is 3. The Hall–Kier alpha value is -2.15. The lowest BCUT2D eigenvalue weighted by Gasteiger charge is -2.31. The van der Waals surface area contributed by atoms with Crippen molar-refractivity contribution in [1.29, 1.82) is 0 Å². The summed E-state index contributed by atoms with van der Waals surface area (Å²) in [7, 11) is 0. The summed E-state index contributed by atoms with van der Waals surface area (Å²) in [5, 5.41) is 16.3. The second-order valence-electron chi connectivity index (χ2n) is 4.55. The van der Waals surface area contributed by atoms with Crippen molar-refractivity contribution in [3.05, 3.63) is 35.3 Å². The first-order chi connectivity index (χ1) is 9.19. The van der Waals surface area contributed by atoms with Crippen LogP contribution in [-0.4, -0.2) is 26.0 Å². The predicted molar refractivity (Wildman–Crippen MR) is 65.1 cm³/mol. The van der Waals surface area contributed by atoms with E-state index in [1.165, 1.54) is 24.5 Å². The van der Waals surface area contributed by atoms with Crippen molar-refractivity contribution in [3.8, 4) is 11.4 Å². The van der Waals surface area contributed by atoms with Gasteiger partial charge in [-0.1, -0.05) is 0 Å². The summed E-state index contributed by atoms with van der Waals surface area (Å²) < 4.78 is 15.2. The minimum absolute atomic E-state index is 0.00993. The van der Waals surface area contributed by atoms with E-state index in [4.69, 9.17) is 0 Å². The lowest BCUT2D eigenvalue weighted by molar-refractivity contribution is 0.0435. The van der Waals surface area contributed by atoms with E-state index in [2.05, 4.69) is 15.3 Å². The molecule has 0 atom stereocenters. The number of aliphatic hydroxyl groups excluding tert-OH is 1. The highest BCUT2D eigenvalue weighted by Gasteiger charge is 2.30. The van der Waals surface area contributed by atoms with Crippen LogP contribution >= 0.6 is 0 Å². The molecule has 0 amide bonds. The summed E-state index contributed by atoms with van der Waals surface area (Å²) in [6, 6.07) is 2.74. The summed E-state index contributed by atoms with van der Waals surface area (Å²) in [6.07, 6.45) is 3.71. The van der Waals surface area contributed by atoms with Gasteiger partial charge in [0.1, 0.15) is 11.4 Å². The van der Waals surface area contributed by atoms with Crippen molar-refractivity contribution < 1.29 is 9.50 Å². The van der Waals surface area contributed by atoms with E-state index < -0.39 is 5.82 Å². The van der Waals surface area contributed by atoms with Gasteiger partial charge in [-0.25, -0.2) is 4.39 Å². The number of aliphatic hydroxyl groups is 1. The predicted octanol–water partition coefficient (Wildman–Crippen LogP) is 2.18. The molecule has 2 aromatic heterocycles. The first kappa shape index (κ1) is 11.9. The zero-order chi connectivity index (χ0) is 13.4. The third kappa shape index (κ3) is 2.01. The molecule has 7 heteroatoms. The highest BCUT2D eigenvalue weighted by molar-refractivity contribution is 5.68. The van der Waals surface area contributed by atoms with E-state index >= 15 is 0 Å². The van der Waals surface area contributed by atoms with Gasteiger partial charge >= 0.3 is 0 Å². The molecule has 0 saturated heterocycles.